The van der Waals surface area contributed by atoms with Crippen LogP contribution in [0.25, 0.3) is 10.9 Å². The molecule has 0 aliphatic rings. The second kappa shape index (κ2) is 5.44. The number of benzene rings is 1. The van der Waals surface area contributed by atoms with E-state index in [1.54, 1.807) is 0 Å². The van der Waals surface area contributed by atoms with Gasteiger partial charge in [0.2, 0.25) is 0 Å². The quantitative estimate of drug-likeness (QED) is 0.783. The highest BCUT2D eigenvalue weighted by atomic mass is 35.5. The second-order valence-corrected chi connectivity index (χ2v) is 4.31. The summed E-state index contributed by atoms with van der Waals surface area (Å²) in [5.74, 6) is 1.45. The van der Waals surface area contributed by atoms with Crippen LogP contribution in [0.5, 0.6) is 11.5 Å². The first-order valence-electron chi connectivity index (χ1n) is 6.02. The van der Waals surface area contributed by atoms with E-state index in [1.807, 2.05) is 39.0 Å². The zero-order valence-electron chi connectivity index (χ0n) is 10.8. The Bertz CT molecular complexity index is 519. The number of hydrogen-bond donors (Lipinski definition) is 0. The Morgan fingerprint density at radius 3 is 2.28 bits per heavy atom. The van der Waals surface area contributed by atoms with Crippen molar-refractivity contribution >= 4 is 22.5 Å². The van der Waals surface area contributed by atoms with Crippen LogP contribution in [-0.4, -0.2) is 18.2 Å². The minimum Gasteiger partial charge on any atom is -0.490 e. The minimum atomic E-state index is 0.522. The van der Waals surface area contributed by atoms with Gasteiger partial charge < -0.3 is 9.47 Å². The van der Waals surface area contributed by atoms with Crippen molar-refractivity contribution < 1.29 is 9.47 Å². The topological polar surface area (TPSA) is 31.4 Å². The molecular weight excluding hydrogens is 250 g/mol. The summed E-state index contributed by atoms with van der Waals surface area (Å²) in [6, 6.07) is 5.82. The molecule has 0 unspecified atom stereocenters. The number of aryl methyl sites for hydroxylation is 1. The van der Waals surface area contributed by atoms with Gasteiger partial charge in [-0.2, -0.15) is 0 Å². The van der Waals surface area contributed by atoms with Gasteiger partial charge in [-0.15, -0.1) is 0 Å². The number of aromatic nitrogens is 1. The van der Waals surface area contributed by atoms with Crippen LogP contribution < -0.4 is 9.47 Å². The highest BCUT2D eigenvalue weighted by Gasteiger charge is 2.09. The maximum absolute atomic E-state index is 6.03. The van der Waals surface area contributed by atoms with Crippen LogP contribution in [0.4, 0.5) is 0 Å². The predicted molar refractivity (Wildman–Crippen MR) is 73.8 cm³/mol. The summed E-state index contributed by atoms with van der Waals surface area (Å²) in [5, 5.41) is 1.53. The number of hydrogen-bond acceptors (Lipinski definition) is 3. The van der Waals surface area contributed by atoms with Gasteiger partial charge in [-0.05, 0) is 38.5 Å². The lowest BCUT2D eigenvalue weighted by atomic mass is 10.1. The molecule has 0 aliphatic carbocycles. The van der Waals surface area contributed by atoms with Gasteiger partial charge in [0.1, 0.15) is 5.15 Å². The molecule has 0 radical (unpaired) electrons. The Hall–Kier alpha value is -1.48. The molecule has 0 atom stereocenters. The summed E-state index contributed by atoms with van der Waals surface area (Å²) in [5.41, 5.74) is 1.77. The van der Waals surface area contributed by atoms with Crippen LogP contribution in [0.3, 0.4) is 0 Å². The van der Waals surface area contributed by atoms with E-state index in [2.05, 4.69) is 4.98 Å². The molecule has 3 nitrogen and oxygen atoms in total. The normalized spacial score (nSPS) is 10.7. The van der Waals surface area contributed by atoms with Gasteiger partial charge in [0.15, 0.2) is 11.5 Å². The number of nitrogens with zero attached hydrogens (tertiary/aromatic N) is 1. The number of pyridine rings is 1. The second-order valence-electron chi connectivity index (χ2n) is 3.95. The SMILES string of the molecule is CCOc1cc2cc(C)c(Cl)nc2cc1OCC. The van der Waals surface area contributed by atoms with Crippen LogP contribution in [0.1, 0.15) is 19.4 Å². The number of rotatable bonds is 4. The fourth-order valence-corrected chi connectivity index (χ4v) is 1.95. The molecule has 1 aromatic carbocycles. The summed E-state index contributed by atoms with van der Waals surface area (Å²) in [4.78, 5) is 4.35. The van der Waals surface area contributed by atoms with E-state index < -0.39 is 0 Å². The van der Waals surface area contributed by atoms with Crippen LogP contribution in [0, 0.1) is 6.92 Å². The van der Waals surface area contributed by atoms with Crippen molar-refractivity contribution in [1.29, 1.82) is 0 Å². The van der Waals surface area contributed by atoms with Crippen LogP contribution in [-0.2, 0) is 0 Å². The van der Waals surface area contributed by atoms with Gasteiger partial charge in [-0.3, -0.25) is 0 Å². The molecule has 96 valence electrons. The lowest BCUT2D eigenvalue weighted by Gasteiger charge is -2.12. The van der Waals surface area contributed by atoms with Crippen molar-refractivity contribution in [2.75, 3.05) is 13.2 Å². The van der Waals surface area contributed by atoms with Crippen molar-refractivity contribution in [2.45, 2.75) is 20.8 Å². The third kappa shape index (κ3) is 2.51. The predicted octanol–water partition coefficient (Wildman–Crippen LogP) is 3.99. The maximum Gasteiger partial charge on any atom is 0.163 e. The molecule has 2 rings (SSSR count). The molecular formula is C14H16ClNO2. The van der Waals surface area contributed by atoms with Gasteiger partial charge in [0.25, 0.3) is 0 Å². The molecule has 0 bridgehead atoms. The van der Waals surface area contributed by atoms with Crippen molar-refractivity contribution in [1.82, 2.24) is 4.98 Å². The van der Waals surface area contributed by atoms with E-state index in [0.29, 0.717) is 24.1 Å². The van der Waals surface area contributed by atoms with Gasteiger partial charge >= 0.3 is 0 Å². The highest BCUT2D eigenvalue weighted by molar-refractivity contribution is 6.30. The van der Waals surface area contributed by atoms with Gasteiger partial charge in [-0.25, -0.2) is 4.98 Å². The van der Waals surface area contributed by atoms with Crippen LogP contribution >= 0.6 is 11.6 Å². The minimum absolute atomic E-state index is 0.522. The summed E-state index contributed by atoms with van der Waals surface area (Å²) in [7, 11) is 0. The van der Waals surface area contributed by atoms with Gasteiger partial charge in [0, 0.05) is 11.5 Å². The van der Waals surface area contributed by atoms with E-state index in [9.17, 15) is 0 Å². The molecule has 0 aliphatic heterocycles. The van der Waals surface area contributed by atoms with Crippen molar-refractivity contribution in [2.24, 2.45) is 0 Å². The Morgan fingerprint density at radius 1 is 1.06 bits per heavy atom. The Labute approximate surface area is 112 Å². The zero-order chi connectivity index (χ0) is 13.1. The monoisotopic (exact) mass is 265 g/mol. The molecule has 4 heteroatoms. The lowest BCUT2D eigenvalue weighted by Crippen LogP contribution is -1.99. The number of halogens is 1. The largest absolute Gasteiger partial charge is 0.490 e. The summed E-state index contributed by atoms with van der Waals surface area (Å²) < 4.78 is 11.1. The third-order valence-electron chi connectivity index (χ3n) is 2.61. The molecule has 0 saturated carbocycles. The fourth-order valence-electron chi connectivity index (χ4n) is 1.80. The van der Waals surface area contributed by atoms with E-state index in [0.717, 1.165) is 22.2 Å². The van der Waals surface area contributed by atoms with E-state index in [4.69, 9.17) is 21.1 Å². The van der Waals surface area contributed by atoms with E-state index in [-0.39, 0.29) is 0 Å². The molecule has 1 heterocycles. The molecule has 0 saturated heterocycles. The van der Waals surface area contributed by atoms with Crippen molar-refractivity contribution in [3.05, 3.63) is 28.9 Å². The van der Waals surface area contributed by atoms with Crippen LogP contribution in [0.15, 0.2) is 18.2 Å². The Kier molecular flexibility index (Phi) is 3.92. The number of fused-ring (bicyclic) bond motifs is 1. The molecule has 0 fully saturated rings. The Morgan fingerprint density at radius 2 is 1.67 bits per heavy atom. The maximum atomic E-state index is 6.03. The third-order valence-corrected chi connectivity index (χ3v) is 2.99. The number of ether oxygens (including phenoxy) is 2. The first kappa shape index (κ1) is 13.0. The molecule has 2 aromatic rings. The average molecular weight is 266 g/mol. The summed E-state index contributed by atoms with van der Waals surface area (Å²) in [6.45, 7) is 7.02. The summed E-state index contributed by atoms with van der Waals surface area (Å²) in [6.07, 6.45) is 0. The lowest BCUT2D eigenvalue weighted by molar-refractivity contribution is 0.288. The standard InChI is InChI=1S/C14H16ClNO2/c1-4-17-12-7-10-6-9(3)14(15)16-11(10)8-13(12)18-5-2/h6-8H,4-5H2,1-3H3. The molecule has 0 spiro atoms. The highest BCUT2D eigenvalue weighted by Crippen LogP contribution is 2.33. The molecule has 0 N–H and O–H groups in total. The molecule has 1 aromatic heterocycles. The summed E-state index contributed by atoms with van der Waals surface area (Å²) >= 11 is 6.03. The average Bonchev–Trinajstić information content (AvgIpc) is 2.33. The van der Waals surface area contributed by atoms with Crippen LogP contribution in [0.2, 0.25) is 5.15 Å². The van der Waals surface area contributed by atoms with Crippen molar-refractivity contribution in [3.63, 3.8) is 0 Å². The van der Waals surface area contributed by atoms with E-state index in [1.165, 1.54) is 0 Å². The molecule has 0 amide bonds. The van der Waals surface area contributed by atoms with E-state index >= 15 is 0 Å². The fraction of sp³-hybridized carbons (Fsp3) is 0.357. The van der Waals surface area contributed by atoms with Gasteiger partial charge in [-0.1, -0.05) is 11.6 Å². The Balaban J connectivity index is 2.60. The van der Waals surface area contributed by atoms with Crippen molar-refractivity contribution in [3.8, 4) is 11.5 Å². The first-order valence-corrected chi connectivity index (χ1v) is 6.40. The first-order chi connectivity index (χ1) is 8.65. The molecule has 18 heavy (non-hydrogen) atoms. The zero-order valence-corrected chi connectivity index (χ0v) is 11.5. The van der Waals surface area contributed by atoms with Gasteiger partial charge in [0.05, 0.1) is 18.7 Å². The smallest absolute Gasteiger partial charge is 0.163 e.